The molecule has 0 aromatic rings. The molecule has 1 unspecified atom stereocenters. The highest BCUT2D eigenvalue weighted by Crippen LogP contribution is 2.28. The van der Waals surface area contributed by atoms with Gasteiger partial charge in [-0.2, -0.15) is 0 Å². The maximum Gasteiger partial charge on any atom is 0.191 e. The molecule has 18 heavy (non-hydrogen) atoms. The Bertz CT molecular complexity index is 301. The molecule has 2 aliphatic rings. The molecule has 0 amide bonds. The summed E-state index contributed by atoms with van der Waals surface area (Å²) < 4.78 is 5.47. The lowest BCUT2D eigenvalue weighted by atomic mass is 9.85. The molecule has 5 heteroatoms. The molecule has 1 saturated carbocycles. The summed E-state index contributed by atoms with van der Waals surface area (Å²) >= 11 is 0. The van der Waals surface area contributed by atoms with Gasteiger partial charge in [-0.25, -0.2) is 0 Å². The van der Waals surface area contributed by atoms with E-state index >= 15 is 0 Å². The molecule has 0 spiro atoms. The third kappa shape index (κ3) is 3.59. The van der Waals surface area contributed by atoms with E-state index in [0.29, 0.717) is 19.1 Å². The molecule has 1 heterocycles. The highest BCUT2D eigenvalue weighted by Gasteiger charge is 2.29. The lowest BCUT2D eigenvalue weighted by molar-refractivity contribution is 0.00327. The van der Waals surface area contributed by atoms with E-state index < -0.39 is 5.60 Å². The fourth-order valence-electron chi connectivity index (χ4n) is 2.72. The molecular weight excluding hydrogens is 230 g/mol. The number of hydrogen-bond acceptors (Lipinski definition) is 3. The Morgan fingerprint density at radius 2 is 2.17 bits per heavy atom. The van der Waals surface area contributed by atoms with Gasteiger partial charge in [-0.1, -0.05) is 19.3 Å². The normalized spacial score (nSPS) is 29.3. The van der Waals surface area contributed by atoms with E-state index in [-0.39, 0.29) is 6.10 Å². The van der Waals surface area contributed by atoms with Gasteiger partial charge >= 0.3 is 0 Å². The van der Waals surface area contributed by atoms with Gasteiger partial charge in [0.25, 0.3) is 0 Å². The molecule has 1 atom stereocenters. The van der Waals surface area contributed by atoms with E-state index in [9.17, 15) is 5.11 Å². The summed E-state index contributed by atoms with van der Waals surface area (Å²) in [5.41, 5.74) is 5.37. The zero-order valence-corrected chi connectivity index (χ0v) is 11.3. The zero-order chi connectivity index (χ0) is 13.0. The number of aliphatic hydroxyl groups is 1. The minimum atomic E-state index is -0.624. The summed E-state index contributed by atoms with van der Waals surface area (Å²) in [6.45, 7) is 4.74. The molecule has 0 aromatic heterocycles. The second-order valence-electron chi connectivity index (χ2n) is 5.59. The summed E-state index contributed by atoms with van der Waals surface area (Å²) in [6, 6.07) is 0. The van der Waals surface area contributed by atoms with Crippen molar-refractivity contribution in [2.75, 3.05) is 26.2 Å². The number of aliphatic imine (C=N–C) groups is 1. The Kier molecular flexibility index (Phi) is 4.45. The van der Waals surface area contributed by atoms with Crippen molar-refractivity contribution < 1.29 is 9.84 Å². The molecule has 0 radical (unpaired) electrons. The van der Waals surface area contributed by atoms with Gasteiger partial charge in [-0.3, -0.25) is 4.99 Å². The molecule has 1 aliphatic carbocycles. The first-order chi connectivity index (χ1) is 8.59. The lowest BCUT2D eigenvalue weighted by Crippen LogP contribution is -2.48. The third-order valence-electron chi connectivity index (χ3n) is 3.88. The van der Waals surface area contributed by atoms with Crippen LogP contribution in [0.1, 0.15) is 39.0 Å². The van der Waals surface area contributed by atoms with Crippen LogP contribution in [0.25, 0.3) is 0 Å². The number of nitrogens with zero attached hydrogens (tertiary/aromatic N) is 2. The number of guanidine groups is 1. The van der Waals surface area contributed by atoms with Crippen LogP contribution in [0.5, 0.6) is 0 Å². The van der Waals surface area contributed by atoms with Gasteiger partial charge in [0.15, 0.2) is 5.96 Å². The largest absolute Gasteiger partial charge is 0.388 e. The van der Waals surface area contributed by atoms with Crippen LogP contribution in [0, 0.1) is 0 Å². The van der Waals surface area contributed by atoms with Gasteiger partial charge in [0.1, 0.15) is 0 Å². The first-order valence-corrected chi connectivity index (χ1v) is 6.98. The first-order valence-electron chi connectivity index (χ1n) is 6.98. The number of morpholine rings is 1. The third-order valence-corrected chi connectivity index (χ3v) is 3.88. The minimum absolute atomic E-state index is 0.199. The average Bonchev–Trinajstić information content (AvgIpc) is 2.37. The molecule has 0 bridgehead atoms. The SMILES string of the molecule is CC1CN(C(N)=NCC2(O)CCCCC2)CCO1. The summed E-state index contributed by atoms with van der Waals surface area (Å²) in [6.07, 6.45) is 5.32. The van der Waals surface area contributed by atoms with E-state index in [1.165, 1.54) is 6.42 Å². The van der Waals surface area contributed by atoms with Gasteiger partial charge < -0.3 is 20.5 Å². The van der Waals surface area contributed by atoms with Gasteiger partial charge in [0.05, 0.1) is 24.9 Å². The van der Waals surface area contributed by atoms with Crippen LogP contribution >= 0.6 is 0 Å². The van der Waals surface area contributed by atoms with Crippen LogP contribution in [0.4, 0.5) is 0 Å². The fourth-order valence-corrected chi connectivity index (χ4v) is 2.72. The molecule has 0 aromatic carbocycles. The Morgan fingerprint density at radius 1 is 1.44 bits per heavy atom. The van der Waals surface area contributed by atoms with Crippen LogP contribution in [-0.2, 0) is 4.74 Å². The Hall–Kier alpha value is -0.810. The van der Waals surface area contributed by atoms with Crippen LogP contribution in [0.3, 0.4) is 0 Å². The molecule has 1 saturated heterocycles. The fraction of sp³-hybridized carbons (Fsp3) is 0.923. The van der Waals surface area contributed by atoms with E-state index in [0.717, 1.165) is 38.8 Å². The predicted octanol–water partition coefficient (Wildman–Crippen LogP) is 0.717. The highest BCUT2D eigenvalue weighted by molar-refractivity contribution is 5.78. The van der Waals surface area contributed by atoms with Crippen LogP contribution in [-0.4, -0.2) is 53.9 Å². The summed E-state index contributed by atoms with van der Waals surface area (Å²) in [7, 11) is 0. The van der Waals surface area contributed by atoms with E-state index in [1.807, 2.05) is 11.8 Å². The summed E-state index contributed by atoms with van der Waals surface area (Å²) in [5, 5.41) is 10.4. The Balaban J connectivity index is 1.87. The topological polar surface area (TPSA) is 71.1 Å². The van der Waals surface area contributed by atoms with Crippen molar-refractivity contribution in [2.45, 2.75) is 50.7 Å². The maximum absolute atomic E-state index is 10.4. The predicted molar refractivity (Wildman–Crippen MR) is 71.5 cm³/mol. The number of nitrogens with two attached hydrogens (primary N) is 1. The van der Waals surface area contributed by atoms with E-state index in [1.54, 1.807) is 0 Å². The molecule has 5 nitrogen and oxygen atoms in total. The zero-order valence-electron chi connectivity index (χ0n) is 11.3. The molecule has 1 aliphatic heterocycles. The number of rotatable bonds is 2. The van der Waals surface area contributed by atoms with Crippen molar-refractivity contribution in [1.82, 2.24) is 4.90 Å². The second kappa shape index (κ2) is 5.89. The molecule has 2 rings (SSSR count). The number of ether oxygens (including phenoxy) is 1. The van der Waals surface area contributed by atoms with Crippen molar-refractivity contribution >= 4 is 5.96 Å². The standard InChI is InChI=1S/C13H25N3O2/c1-11-9-16(7-8-18-11)12(14)15-10-13(17)5-3-2-4-6-13/h11,17H,2-10H2,1H3,(H2,14,15). The van der Waals surface area contributed by atoms with Crippen molar-refractivity contribution in [2.24, 2.45) is 10.7 Å². The van der Waals surface area contributed by atoms with E-state index in [4.69, 9.17) is 10.5 Å². The van der Waals surface area contributed by atoms with Crippen molar-refractivity contribution in [3.8, 4) is 0 Å². The maximum atomic E-state index is 10.4. The highest BCUT2D eigenvalue weighted by atomic mass is 16.5. The monoisotopic (exact) mass is 255 g/mol. The van der Waals surface area contributed by atoms with Crippen LogP contribution in [0.2, 0.25) is 0 Å². The molecule has 3 N–H and O–H groups in total. The van der Waals surface area contributed by atoms with Crippen molar-refractivity contribution in [1.29, 1.82) is 0 Å². The smallest absolute Gasteiger partial charge is 0.191 e. The van der Waals surface area contributed by atoms with Crippen LogP contribution < -0.4 is 5.73 Å². The van der Waals surface area contributed by atoms with Gasteiger partial charge in [-0.05, 0) is 19.8 Å². The van der Waals surface area contributed by atoms with Gasteiger partial charge in [0.2, 0.25) is 0 Å². The first kappa shape index (κ1) is 13.6. The lowest BCUT2D eigenvalue weighted by Gasteiger charge is -2.33. The molecular formula is C13H25N3O2. The molecule has 2 fully saturated rings. The van der Waals surface area contributed by atoms with Crippen molar-refractivity contribution in [3.63, 3.8) is 0 Å². The second-order valence-corrected chi connectivity index (χ2v) is 5.59. The van der Waals surface area contributed by atoms with Gasteiger partial charge in [-0.15, -0.1) is 0 Å². The average molecular weight is 255 g/mol. The Morgan fingerprint density at radius 3 is 2.83 bits per heavy atom. The minimum Gasteiger partial charge on any atom is -0.388 e. The van der Waals surface area contributed by atoms with Crippen LogP contribution in [0.15, 0.2) is 4.99 Å². The Labute approximate surface area is 109 Å². The quantitative estimate of drug-likeness (QED) is 0.563. The molecule has 104 valence electrons. The summed E-state index contributed by atoms with van der Waals surface area (Å²) in [5.74, 6) is 0.546. The van der Waals surface area contributed by atoms with Crippen molar-refractivity contribution in [3.05, 3.63) is 0 Å². The van der Waals surface area contributed by atoms with Gasteiger partial charge in [0, 0.05) is 13.1 Å². The number of hydrogen-bond donors (Lipinski definition) is 2. The summed E-state index contributed by atoms with van der Waals surface area (Å²) in [4.78, 5) is 6.43. The van der Waals surface area contributed by atoms with E-state index in [2.05, 4.69) is 4.99 Å².